The number of ether oxygens (including phenoxy) is 1. The Balaban J connectivity index is 1.67. The highest BCUT2D eigenvalue weighted by molar-refractivity contribution is 5.94. The number of halogens is 1. The molecule has 0 unspecified atom stereocenters. The zero-order valence-corrected chi connectivity index (χ0v) is 14.3. The molecule has 0 atom stereocenters. The molecular formula is C19H19FN2O4. The fraction of sp³-hybridized carbons (Fsp3) is 0.211. The van der Waals surface area contributed by atoms with Crippen molar-refractivity contribution in [3.05, 3.63) is 59.9 Å². The third-order valence-corrected chi connectivity index (χ3v) is 3.35. The molecule has 0 aromatic heterocycles. The van der Waals surface area contributed by atoms with Gasteiger partial charge in [-0.2, -0.15) is 0 Å². The summed E-state index contributed by atoms with van der Waals surface area (Å²) < 4.78 is 17.6. The molecule has 2 amide bonds. The summed E-state index contributed by atoms with van der Waals surface area (Å²) >= 11 is 0. The Labute approximate surface area is 150 Å². The standard InChI is InChI=1S/C19H19FN2O4/c1-13-3-2-4-16(11-13)22-18(24)12-26-19(25)10-9-17(23)21-15-7-5-14(20)6-8-15/h2-8,11H,9-10,12H2,1H3,(H,21,23)(H,22,24). The average Bonchev–Trinajstić information content (AvgIpc) is 2.60. The summed E-state index contributed by atoms with van der Waals surface area (Å²) in [5.74, 6) is -1.92. The second-order valence-corrected chi connectivity index (χ2v) is 5.63. The number of esters is 1. The first-order valence-corrected chi connectivity index (χ1v) is 8.00. The molecule has 0 heterocycles. The minimum Gasteiger partial charge on any atom is -0.456 e. The maximum Gasteiger partial charge on any atom is 0.306 e. The number of benzene rings is 2. The summed E-state index contributed by atoms with van der Waals surface area (Å²) in [7, 11) is 0. The number of carbonyl (C=O) groups excluding carboxylic acids is 3. The number of hydrogen-bond acceptors (Lipinski definition) is 4. The van der Waals surface area contributed by atoms with Gasteiger partial charge in [0, 0.05) is 17.8 Å². The molecule has 0 fully saturated rings. The maximum atomic E-state index is 12.8. The number of hydrogen-bond donors (Lipinski definition) is 2. The van der Waals surface area contributed by atoms with Crippen molar-refractivity contribution in [2.24, 2.45) is 0 Å². The normalized spacial score (nSPS) is 10.1. The lowest BCUT2D eigenvalue weighted by atomic mass is 10.2. The van der Waals surface area contributed by atoms with Gasteiger partial charge in [-0.1, -0.05) is 12.1 Å². The van der Waals surface area contributed by atoms with Crippen LogP contribution in [0, 0.1) is 12.7 Å². The Hall–Kier alpha value is -3.22. The van der Waals surface area contributed by atoms with Crippen molar-refractivity contribution in [2.45, 2.75) is 19.8 Å². The minimum atomic E-state index is -0.654. The molecule has 0 aliphatic heterocycles. The Morgan fingerprint density at radius 1 is 0.923 bits per heavy atom. The molecule has 26 heavy (non-hydrogen) atoms. The van der Waals surface area contributed by atoms with Gasteiger partial charge in [-0.15, -0.1) is 0 Å². The van der Waals surface area contributed by atoms with Crippen molar-refractivity contribution in [1.82, 2.24) is 0 Å². The van der Waals surface area contributed by atoms with Gasteiger partial charge >= 0.3 is 5.97 Å². The van der Waals surface area contributed by atoms with Gasteiger partial charge < -0.3 is 15.4 Å². The fourth-order valence-corrected chi connectivity index (χ4v) is 2.11. The molecule has 0 spiro atoms. The van der Waals surface area contributed by atoms with Crippen molar-refractivity contribution >= 4 is 29.2 Å². The van der Waals surface area contributed by atoms with E-state index in [0.29, 0.717) is 11.4 Å². The van der Waals surface area contributed by atoms with Gasteiger partial charge in [0.15, 0.2) is 6.61 Å². The molecule has 0 saturated heterocycles. The lowest BCUT2D eigenvalue weighted by Gasteiger charge is -2.07. The first-order chi connectivity index (χ1) is 12.4. The van der Waals surface area contributed by atoms with Crippen LogP contribution in [-0.4, -0.2) is 24.4 Å². The minimum absolute atomic E-state index is 0.101. The van der Waals surface area contributed by atoms with E-state index in [0.717, 1.165) is 5.56 Å². The van der Waals surface area contributed by atoms with Crippen molar-refractivity contribution in [1.29, 1.82) is 0 Å². The fourth-order valence-electron chi connectivity index (χ4n) is 2.11. The van der Waals surface area contributed by atoms with Crippen LogP contribution in [0.2, 0.25) is 0 Å². The Bertz CT molecular complexity index is 790. The van der Waals surface area contributed by atoms with Crippen LogP contribution in [0.5, 0.6) is 0 Å². The van der Waals surface area contributed by atoms with Gasteiger partial charge in [-0.25, -0.2) is 4.39 Å². The summed E-state index contributed by atoms with van der Waals surface area (Å²) in [5, 5.41) is 5.15. The quantitative estimate of drug-likeness (QED) is 0.745. The largest absolute Gasteiger partial charge is 0.456 e. The number of amides is 2. The van der Waals surface area contributed by atoms with Crippen LogP contribution in [0.25, 0.3) is 0 Å². The second kappa shape index (κ2) is 9.31. The molecule has 2 rings (SSSR count). The first-order valence-electron chi connectivity index (χ1n) is 8.00. The lowest BCUT2D eigenvalue weighted by molar-refractivity contribution is -0.147. The lowest BCUT2D eigenvalue weighted by Crippen LogP contribution is -2.21. The summed E-state index contributed by atoms with van der Waals surface area (Å²) in [5.41, 5.74) is 2.04. The topological polar surface area (TPSA) is 84.5 Å². The average molecular weight is 358 g/mol. The molecule has 2 N–H and O–H groups in total. The van der Waals surface area contributed by atoms with Crippen LogP contribution >= 0.6 is 0 Å². The van der Waals surface area contributed by atoms with Gasteiger partial charge in [0.05, 0.1) is 6.42 Å². The molecule has 0 bridgehead atoms. The third-order valence-electron chi connectivity index (χ3n) is 3.35. The summed E-state index contributed by atoms with van der Waals surface area (Å²) in [6, 6.07) is 12.5. The molecular weight excluding hydrogens is 339 g/mol. The Kier molecular flexibility index (Phi) is 6.84. The molecule has 2 aromatic carbocycles. The van der Waals surface area contributed by atoms with Crippen LogP contribution in [0.4, 0.5) is 15.8 Å². The highest BCUT2D eigenvalue weighted by Gasteiger charge is 2.11. The van der Waals surface area contributed by atoms with E-state index in [9.17, 15) is 18.8 Å². The van der Waals surface area contributed by atoms with Crippen molar-refractivity contribution < 1.29 is 23.5 Å². The van der Waals surface area contributed by atoms with Crippen LogP contribution in [0.1, 0.15) is 18.4 Å². The van der Waals surface area contributed by atoms with Crippen LogP contribution < -0.4 is 10.6 Å². The number of nitrogens with one attached hydrogen (secondary N) is 2. The number of anilines is 2. The second-order valence-electron chi connectivity index (χ2n) is 5.63. The van der Waals surface area contributed by atoms with Crippen LogP contribution in [-0.2, 0) is 19.1 Å². The van der Waals surface area contributed by atoms with E-state index in [1.165, 1.54) is 24.3 Å². The van der Waals surface area contributed by atoms with Crippen LogP contribution in [0.3, 0.4) is 0 Å². The van der Waals surface area contributed by atoms with Crippen LogP contribution in [0.15, 0.2) is 48.5 Å². The molecule has 2 aromatic rings. The van der Waals surface area contributed by atoms with Crippen molar-refractivity contribution in [3.8, 4) is 0 Å². The van der Waals surface area contributed by atoms with Crippen molar-refractivity contribution in [2.75, 3.05) is 17.2 Å². The number of carbonyl (C=O) groups is 3. The predicted octanol–water partition coefficient (Wildman–Crippen LogP) is 3.03. The summed E-state index contributed by atoms with van der Waals surface area (Å²) in [6.07, 6.45) is -0.263. The van der Waals surface area contributed by atoms with E-state index in [-0.39, 0.29) is 12.8 Å². The van der Waals surface area contributed by atoms with Gasteiger partial charge in [0.1, 0.15) is 5.82 Å². The van der Waals surface area contributed by atoms with E-state index in [2.05, 4.69) is 10.6 Å². The molecule has 0 aliphatic carbocycles. The zero-order chi connectivity index (χ0) is 18.9. The predicted molar refractivity (Wildman–Crippen MR) is 95.0 cm³/mol. The third kappa shape index (κ3) is 6.72. The summed E-state index contributed by atoms with van der Waals surface area (Å²) in [6.45, 7) is 1.47. The zero-order valence-electron chi connectivity index (χ0n) is 14.3. The smallest absolute Gasteiger partial charge is 0.306 e. The Morgan fingerprint density at radius 3 is 2.31 bits per heavy atom. The van der Waals surface area contributed by atoms with E-state index in [4.69, 9.17) is 4.74 Å². The van der Waals surface area contributed by atoms with E-state index in [1.807, 2.05) is 13.0 Å². The Morgan fingerprint density at radius 2 is 1.62 bits per heavy atom. The van der Waals surface area contributed by atoms with Crippen molar-refractivity contribution in [3.63, 3.8) is 0 Å². The van der Waals surface area contributed by atoms with E-state index in [1.54, 1.807) is 18.2 Å². The van der Waals surface area contributed by atoms with Gasteiger partial charge in [0.2, 0.25) is 5.91 Å². The number of rotatable bonds is 7. The molecule has 7 heteroatoms. The van der Waals surface area contributed by atoms with Gasteiger partial charge in [-0.3, -0.25) is 14.4 Å². The number of aryl methyl sites for hydroxylation is 1. The van der Waals surface area contributed by atoms with Gasteiger partial charge in [0.25, 0.3) is 5.91 Å². The van der Waals surface area contributed by atoms with Gasteiger partial charge in [-0.05, 0) is 48.9 Å². The molecule has 136 valence electrons. The first kappa shape index (κ1) is 19.1. The van der Waals surface area contributed by atoms with E-state index < -0.39 is 30.2 Å². The molecule has 0 aliphatic rings. The molecule has 0 radical (unpaired) electrons. The molecule has 6 nitrogen and oxygen atoms in total. The summed E-state index contributed by atoms with van der Waals surface area (Å²) in [4.78, 5) is 35.1. The molecule has 0 saturated carbocycles. The highest BCUT2D eigenvalue weighted by Crippen LogP contribution is 2.10. The maximum absolute atomic E-state index is 12.8. The van der Waals surface area contributed by atoms with E-state index >= 15 is 0 Å². The highest BCUT2D eigenvalue weighted by atomic mass is 19.1. The monoisotopic (exact) mass is 358 g/mol. The SMILES string of the molecule is Cc1cccc(NC(=O)COC(=O)CCC(=O)Nc2ccc(F)cc2)c1.